The molecule has 0 amide bonds. The topological polar surface area (TPSA) is 12.5 Å². The summed E-state index contributed by atoms with van der Waals surface area (Å²) < 4.78 is 6.52. The molecular weight excluding hydrogens is 234 g/mol. The second-order valence-electron chi connectivity index (χ2n) is 7.81. The molecule has 19 heavy (non-hydrogen) atoms. The van der Waals surface area contributed by atoms with Crippen LogP contribution in [0.25, 0.3) is 0 Å². The second-order valence-corrected chi connectivity index (χ2v) is 7.81. The van der Waals surface area contributed by atoms with Gasteiger partial charge in [0.15, 0.2) is 0 Å². The van der Waals surface area contributed by atoms with Crippen molar-refractivity contribution < 1.29 is 4.74 Å². The van der Waals surface area contributed by atoms with Gasteiger partial charge in [0.2, 0.25) is 0 Å². The predicted octanol–water partition coefficient (Wildman–Crippen LogP) is 4.05. The molecule has 2 nitrogen and oxygen atoms in total. The number of rotatable bonds is 1. The van der Waals surface area contributed by atoms with E-state index in [9.17, 15) is 0 Å². The molecule has 2 aliphatic heterocycles. The molecule has 3 aliphatic rings. The van der Waals surface area contributed by atoms with E-state index >= 15 is 0 Å². The van der Waals surface area contributed by atoms with E-state index in [1.54, 1.807) is 0 Å². The molecule has 1 aliphatic carbocycles. The van der Waals surface area contributed by atoms with Gasteiger partial charge in [-0.25, -0.2) is 0 Å². The molecule has 3 rings (SSSR count). The van der Waals surface area contributed by atoms with E-state index in [4.69, 9.17) is 4.74 Å². The highest BCUT2D eigenvalue weighted by Gasteiger charge is 2.51. The highest BCUT2D eigenvalue weighted by Crippen LogP contribution is 2.47. The van der Waals surface area contributed by atoms with E-state index in [1.807, 2.05) is 0 Å². The van der Waals surface area contributed by atoms with Gasteiger partial charge in [0, 0.05) is 18.0 Å². The van der Waals surface area contributed by atoms with Gasteiger partial charge < -0.3 is 4.74 Å². The van der Waals surface area contributed by atoms with Crippen molar-refractivity contribution in [2.75, 3.05) is 6.54 Å². The zero-order valence-electron chi connectivity index (χ0n) is 13.2. The zero-order chi connectivity index (χ0) is 13.6. The summed E-state index contributed by atoms with van der Waals surface area (Å²) in [4.78, 5) is 2.71. The molecule has 0 radical (unpaired) electrons. The van der Waals surface area contributed by atoms with Crippen molar-refractivity contribution in [2.45, 2.75) is 84.1 Å². The first-order valence-corrected chi connectivity index (χ1v) is 8.44. The Hall–Kier alpha value is -0.0800. The zero-order valence-corrected chi connectivity index (χ0v) is 13.2. The van der Waals surface area contributed by atoms with Gasteiger partial charge in [-0.2, -0.15) is 0 Å². The van der Waals surface area contributed by atoms with Crippen molar-refractivity contribution in [3.05, 3.63) is 0 Å². The highest BCUT2D eigenvalue weighted by atomic mass is 16.5. The molecule has 2 heteroatoms. The number of fused-ring (bicyclic) bond motifs is 2. The Morgan fingerprint density at radius 1 is 1.16 bits per heavy atom. The van der Waals surface area contributed by atoms with Crippen LogP contribution in [-0.4, -0.2) is 29.3 Å². The Bertz CT molecular complexity index is 327. The molecule has 0 aromatic rings. The molecule has 0 spiro atoms. The third kappa shape index (κ3) is 2.35. The average Bonchev–Trinajstić information content (AvgIpc) is 2.38. The van der Waals surface area contributed by atoms with E-state index in [-0.39, 0.29) is 0 Å². The summed E-state index contributed by atoms with van der Waals surface area (Å²) in [6.45, 7) is 11.0. The van der Waals surface area contributed by atoms with Gasteiger partial charge in [0.25, 0.3) is 0 Å². The lowest BCUT2D eigenvalue weighted by Crippen LogP contribution is -2.66. The van der Waals surface area contributed by atoms with Gasteiger partial charge in [0.1, 0.15) is 6.23 Å². The first kappa shape index (κ1) is 13.9. The van der Waals surface area contributed by atoms with Crippen LogP contribution >= 0.6 is 0 Å². The van der Waals surface area contributed by atoms with Crippen LogP contribution in [0.15, 0.2) is 0 Å². The Balaban J connectivity index is 1.80. The first-order chi connectivity index (χ1) is 9.02. The summed E-state index contributed by atoms with van der Waals surface area (Å²) in [5.41, 5.74) is 0.335. The fraction of sp³-hybridized carbons (Fsp3) is 1.00. The van der Waals surface area contributed by atoms with Crippen LogP contribution in [0.5, 0.6) is 0 Å². The van der Waals surface area contributed by atoms with Gasteiger partial charge in [-0.3, -0.25) is 4.90 Å². The van der Waals surface area contributed by atoms with E-state index in [0.29, 0.717) is 17.9 Å². The van der Waals surface area contributed by atoms with Crippen molar-refractivity contribution in [1.29, 1.82) is 0 Å². The number of hydrogen-bond donors (Lipinski definition) is 0. The lowest BCUT2D eigenvalue weighted by molar-refractivity contribution is -0.248. The summed E-state index contributed by atoms with van der Waals surface area (Å²) in [6.07, 6.45) is 8.91. The summed E-state index contributed by atoms with van der Waals surface area (Å²) in [7, 11) is 0. The van der Waals surface area contributed by atoms with E-state index in [1.165, 1.54) is 45.1 Å². The Morgan fingerprint density at radius 3 is 2.68 bits per heavy atom. The van der Waals surface area contributed by atoms with Crippen molar-refractivity contribution >= 4 is 0 Å². The average molecular weight is 265 g/mol. The second kappa shape index (κ2) is 5.04. The molecule has 3 fully saturated rings. The van der Waals surface area contributed by atoms with Gasteiger partial charge in [0.05, 0.1) is 6.10 Å². The lowest BCUT2D eigenvalue weighted by Gasteiger charge is -2.59. The van der Waals surface area contributed by atoms with Gasteiger partial charge in [-0.1, -0.05) is 26.7 Å². The lowest BCUT2D eigenvalue weighted by atomic mass is 9.69. The maximum atomic E-state index is 6.52. The van der Waals surface area contributed by atoms with Crippen molar-refractivity contribution in [2.24, 2.45) is 17.8 Å². The standard InChI is InChI=1S/C17H31NO/c1-5-13-7-9-16-18(11-13)17(3,4)14-8-6-12(2)10-15(14)19-16/h12-16H,5-11H2,1-4H3/t12-,13+,14-,15-,16+/m1/s1. The quantitative estimate of drug-likeness (QED) is 0.709. The summed E-state index contributed by atoms with van der Waals surface area (Å²) >= 11 is 0. The summed E-state index contributed by atoms with van der Waals surface area (Å²) in [5, 5.41) is 0. The van der Waals surface area contributed by atoms with Crippen LogP contribution in [0.1, 0.15) is 66.2 Å². The number of hydrogen-bond acceptors (Lipinski definition) is 2. The van der Waals surface area contributed by atoms with Gasteiger partial charge in [-0.05, 0) is 51.4 Å². The fourth-order valence-electron chi connectivity index (χ4n) is 4.80. The third-order valence-electron chi connectivity index (χ3n) is 6.24. The van der Waals surface area contributed by atoms with E-state index < -0.39 is 0 Å². The van der Waals surface area contributed by atoms with Crippen molar-refractivity contribution in [3.63, 3.8) is 0 Å². The van der Waals surface area contributed by atoms with Crippen LogP contribution in [0.3, 0.4) is 0 Å². The maximum absolute atomic E-state index is 6.52. The monoisotopic (exact) mass is 265 g/mol. The highest BCUT2D eigenvalue weighted by molar-refractivity contribution is 5.01. The third-order valence-corrected chi connectivity index (χ3v) is 6.24. The van der Waals surface area contributed by atoms with Gasteiger partial charge in [-0.15, -0.1) is 0 Å². The molecule has 110 valence electrons. The minimum atomic E-state index is 0.335. The molecule has 1 saturated carbocycles. The first-order valence-electron chi connectivity index (χ1n) is 8.44. The molecule has 0 aromatic carbocycles. The Labute approximate surface area is 118 Å². The SMILES string of the molecule is CC[C@H]1CC[C@@H]2O[C@@H]3C[C@H](C)CC[C@H]3C(C)(C)N2C1. The van der Waals surface area contributed by atoms with Crippen LogP contribution in [0.4, 0.5) is 0 Å². The fourth-order valence-corrected chi connectivity index (χ4v) is 4.80. The predicted molar refractivity (Wildman–Crippen MR) is 79.0 cm³/mol. The molecule has 0 aromatic heterocycles. The molecule has 0 N–H and O–H groups in total. The number of ether oxygens (including phenoxy) is 1. The van der Waals surface area contributed by atoms with Crippen molar-refractivity contribution in [1.82, 2.24) is 4.90 Å². The number of piperidine rings is 1. The molecular formula is C17H31NO. The smallest absolute Gasteiger partial charge is 0.111 e. The normalized spacial score (nSPS) is 46.4. The largest absolute Gasteiger partial charge is 0.360 e. The number of nitrogens with zero attached hydrogens (tertiary/aromatic N) is 1. The minimum absolute atomic E-state index is 0.335. The van der Waals surface area contributed by atoms with E-state index in [0.717, 1.165) is 17.8 Å². The Kier molecular flexibility index (Phi) is 3.68. The van der Waals surface area contributed by atoms with E-state index in [2.05, 4.69) is 32.6 Å². The maximum Gasteiger partial charge on any atom is 0.111 e. The summed E-state index contributed by atoms with van der Waals surface area (Å²) in [6, 6.07) is 0. The minimum Gasteiger partial charge on any atom is -0.360 e. The van der Waals surface area contributed by atoms with Crippen LogP contribution in [0.2, 0.25) is 0 Å². The Morgan fingerprint density at radius 2 is 1.95 bits per heavy atom. The molecule has 2 heterocycles. The van der Waals surface area contributed by atoms with Crippen molar-refractivity contribution in [3.8, 4) is 0 Å². The summed E-state index contributed by atoms with van der Waals surface area (Å²) in [5.74, 6) is 2.49. The van der Waals surface area contributed by atoms with Crippen LogP contribution in [0, 0.1) is 17.8 Å². The molecule has 2 saturated heterocycles. The molecule has 0 unspecified atom stereocenters. The van der Waals surface area contributed by atoms with Crippen LogP contribution < -0.4 is 0 Å². The molecule has 0 bridgehead atoms. The van der Waals surface area contributed by atoms with Gasteiger partial charge >= 0.3 is 0 Å². The van der Waals surface area contributed by atoms with Crippen LogP contribution in [-0.2, 0) is 4.74 Å². The molecule has 5 atom stereocenters.